The Kier molecular flexibility index (Phi) is 4.25. The number of benzene rings is 2. The van der Waals surface area contributed by atoms with Gasteiger partial charge < -0.3 is 14.6 Å². The fourth-order valence-corrected chi connectivity index (χ4v) is 3.46. The van der Waals surface area contributed by atoms with Crippen LogP contribution in [0.2, 0.25) is 0 Å². The summed E-state index contributed by atoms with van der Waals surface area (Å²) < 4.78 is 51.6. The molecule has 0 aromatic heterocycles. The number of nitrogens with one attached hydrogen (secondary N) is 1. The average Bonchev–Trinajstić information content (AvgIpc) is 2.56. The Morgan fingerprint density at radius 1 is 1.20 bits per heavy atom. The Hall–Kier alpha value is -2.81. The molecule has 1 aliphatic rings. The number of ether oxygens (including phenoxy) is 2. The maximum atomic E-state index is 13.8. The van der Waals surface area contributed by atoms with E-state index in [-0.39, 0.29) is 40.9 Å². The summed E-state index contributed by atoms with van der Waals surface area (Å²) in [5, 5.41) is 9.29. The summed E-state index contributed by atoms with van der Waals surface area (Å²) in [7, 11) is -4.23. The lowest BCUT2D eigenvalue weighted by molar-refractivity contribution is 0.0685. The first kappa shape index (κ1) is 17.0. The van der Waals surface area contributed by atoms with Crippen molar-refractivity contribution in [2.45, 2.75) is 11.8 Å². The first-order valence-corrected chi connectivity index (χ1v) is 8.72. The highest BCUT2D eigenvalue weighted by atomic mass is 32.2. The van der Waals surface area contributed by atoms with E-state index >= 15 is 0 Å². The Morgan fingerprint density at radius 2 is 1.92 bits per heavy atom. The number of carbonyl (C=O) groups is 1. The van der Waals surface area contributed by atoms with Gasteiger partial charge in [0.05, 0.1) is 10.6 Å². The van der Waals surface area contributed by atoms with Crippen LogP contribution in [-0.2, 0) is 10.0 Å². The van der Waals surface area contributed by atoms with Crippen molar-refractivity contribution in [1.82, 2.24) is 0 Å². The number of rotatable bonds is 4. The van der Waals surface area contributed by atoms with Crippen molar-refractivity contribution >= 4 is 21.7 Å². The number of carboxylic acid groups (broad SMARTS) is 1. The fourth-order valence-electron chi connectivity index (χ4n) is 2.36. The van der Waals surface area contributed by atoms with E-state index in [1.54, 1.807) is 6.92 Å². The molecule has 1 heterocycles. The molecule has 7 nitrogen and oxygen atoms in total. The zero-order valence-corrected chi connectivity index (χ0v) is 13.9. The summed E-state index contributed by atoms with van der Waals surface area (Å²) >= 11 is 0. The molecule has 1 aliphatic heterocycles. The minimum Gasteiger partial charge on any atom is -0.486 e. The lowest BCUT2D eigenvalue weighted by Gasteiger charge is -2.21. The Balaban J connectivity index is 2.07. The molecule has 0 saturated carbocycles. The van der Waals surface area contributed by atoms with Crippen LogP contribution in [0.4, 0.5) is 10.1 Å². The third kappa shape index (κ3) is 3.36. The van der Waals surface area contributed by atoms with Gasteiger partial charge in [0, 0.05) is 6.07 Å². The van der Waals surface area contributed by atoms with E-state index in [0.717, 1.165) is 18.2 Å². The van der Waals surface area contributed by atoms with Gasteiger partial charge in [-0.25, -0.2) is 17.6 Å². The van der Waals surface area contributed by atoms with Gasteiger partial charge in [-0.05, 0) is 30.7 Å². The predicted octanol–water partition coefficient (Wildman–Crippen LogP) is 2.40. The van der Waals surface area contributed by atoms with Gasteiger partial charge in [-0.2, -0.15) is 0 Å². The van der Waals surface area contributed by atoms with Gasteiger partial charge >= 0.3 is 5.97 Å². The van der Waals surface area contributed by atoms with Crippen LogP contribution in [0, 0.1) is 12.7 Å². The Bertz CT molecular complexity index is 957. The van der Waals surface area contributed by atoms with Gasteiger partial charge in [-0.1, -0.05) is 6.07 Å². The van der Waals surface area contributed by atoms with Gasteiger partial charge in [-0.15, -0.1) is 0 Å². The summed E-state index contributed by atoms with van der Waals surface area (Å²) in [5.74, 6) is -2.12. The molecule has 0 unspecified atom stereocenters. The molecule has 0 amide bonds. The van der Waals surface area contributed by atoms with Crippen LogP contribution >= 0.6 is 0 Å². The summed E-state index contributed by atoms with van der Waals surface area (Å²) in [6, 6.07) is 6.07. The van der Waals surface area contributed by atoms with Crippen LogP contribution in [0.5, 0.6) is 11.5 Å². The molecule has 0 bridgehead atoms. The summed E-state index contributed by atoms with van der Waals surface area (Å²) in [6.07, 6.45) is 0. The Morgan fingerprint density at radius 3 is 2.64 bits per heavy atom. The first-order chi connectivity index (χ1) is 11.8. The zero-order valence-electron chi connectivity index (χ0n) is 13.1. The van der Waals surface area contributed by atoms with Crippen molar-refractivity contribution in [2.75, 3.05) is 17.9 Å². The van der Waals surface area contributed by atoms with Crippen molar-refractivity contribution < 1.29 is 32.2 Å². The minimum absolute atomic E-state index is 0.0104. The second-order valence-electron chi connectivity index (χ2n) is 5.39. The molecule has 0 aliphatic carbocycles. The minimum atomic E-state index is -4.23. The zero-order chi connectivity index (χ0) is 18.2. The lowest BCUT2D eigenvalue weighted by atomic mass is 10.2. The number of anilines is 1. The summed E-state index contributed by atoms with van der Waals surface area (Å²) in [4.78, 5) is 11.0. The van der Waals surface area contributed by atoms with Gasteiger partial charge in [0.25, 0.3) is 10.0 Å². The summed E-state index contributed by atoms with van der Waals surface area (Å²) in [5.41, 5.74) is 0.0848. The number of aryl methyl sites for hydroxylation is 1. The molecule has 132 valence electrons. The van der Waals surface area contributed by atoms with Crippen LogP contribution in [0.25, 0.3) is 0 Å². The highest BCUT2D eigenvalue weighted by molar-refractivity contribution is 7.92. The molecule has 2 aromatic rings. The van der Waals surface area contributed by atoms with E-state index in [0.29, 0.717) is 5.56 Å². The molecule has 0 fully saturated rings. The largest absolute Gasteiger partial charge is 0.486 e. The normalized spacial score (nSPS) is 13.4. The smallest absolute Gasteiger partial charge is 0.339 e. The molecule has 0 spiro atoms. The quantitative estimate of drug-likeness (QED) is 0.860. The highest BCUT2D eigenvalue weighted by Gasteiger charge is 2.26. The van der Waals surface area contributed by atoms with E-state index in [4.69, 9.17) is 9.47 Å². The first-order valence-electron chi connectivity index (χ1n) is 7.24. The SMILES string of the molecule is Cc1ccc(F)c(NS(=O)(=O)c2cc3c(c(C(=O)O)c2)OCCO3)c1. The maximum absolute atomic E-state index is 13.8. The number of hydrogen-bond acceptors (Lipinski definition) is 5. The lowest BCUT2D eigenvalue weighted by Crippen LogP contribution is -2.20. The second-order valence-corrected chi connectivity index (χ2v) is 7.07. The topological polar surface area (TPSA) is 102 Å². The fraction of sp³-hybridized carbons (Fsp3) is 0.188. The molecule has 25 heavy (non-hydrogen) atoms. The molecule has 3 rings (SSSR count). The number of aromatic carboxylic acids is 1. The van der Waals surface area contributed by atoms with Gasteiger partial charge in [0.15, 0.2) is 11.5 Å². The van der Waals surface area contributed by atoms with E-state index in [1.807, 2.05) is 0 Å². The molecule has 0 radical (unpaired) electrons. The van der Waals surface area contributed by atoms with E-state index in [1.165, 1.54) is 12.1 Å². The third-order valence-electron chi connectivity index (χ3n) is 3.52. The maximum Gasteiger partial charge on any atom is 0.339 e. The molecular weight excluding hydrogens is 353 g/mol. The number of halogens is 1. The van der Waals surface area contributed by atoms with Gasteiger partial charge in [0.1, 0.15) is 24.6 Å². The molecule has 2 aromatic carbocycles. The van der Waals surface area contributed by atoms with Gasteiger partial charge in [-0.3, -0.25) is 4.72 Å². The van der Waals surface area contributed by atoms with Gasteiger partial charge in [0.2, 0.25) is 0 Å². The standard InChI is InChI=1S/C16H14FNO6S/c1-9-2-3-12(17)13(6-9)18-25(21,22)10-7-11(16(19)20)15-14(8-10)23-4-5-24-15/h2-3,6-8,18H,4-5H2,1H3,(H,19,20). The molecule has 0 atom stereocenters. The number of carboxylic acids is 1. The number of hydrogen-bond donors (Lipinski definition) is 2. The van der Waals surface area contributed by atoms with Crippen LogP contribution < -0.4 is 14.2 Å². The molecular formula is C16H14FNO6S. The highest BCUT2D eigenvalue weighted by Crippen LogP contribution is 2.37. The van der Waals surface area contributed by atoms with Crippen LogP contribution in [0.3, 0.4) is 0 Å². The van der Waals surface area contributed by atoms with Crippen molar-refractivity contribution in [3.8, 4) is 11.5 Å². The van der Waals surface area contributed by atoms with E-state index in [2.05, 4.69) is 4.72 Å². The number of fused-ring (bicyclic) bond motifs is 1. The van der Waals surface area contributed by atoms with Crippen LogP contribution in [-0.4, -0.2) is 32.7 Å². The predicted molar refractivity (Wildman–Crippen MR) is 86.3 cm³/mol. The molecule has 2 N–H and O–H groups in total. The van der Waals surface area contributed by atoms with Crippen molar-refractivity contribution in [2.24, 2.45) is 0 Å². The van der Waals surface area contributed by atoms with Crippen molar-refractivity contribution in [3.63, 3.8) is 0 Å². The third-order valence-corrected chi connectivity index (χ3v) is 4.87. The second kappa shape index (κ2) is 6.25. The number of sulfonamides is 1. The van der Waals surface area contributed by atoms with E-state index < -0.39 is 21.8 Å². The van der Waals surface area contributed by atoms with Crippen LogP contribution in [0.15, 0.2) is 35.2 Å². The summed E-state index contributed by atoms with van der Waals surface area (Å²) in [6.45, 7) is 2.01. The monoisotopic (exact) mass is 367 g/mol. The van der Waals surface area contributed by atoms with Crippen molar-refractivity contribution in [3.05, 3.63) is 47.3 Å². The molecule has 0 saturated heterocycles. The van der Waals surface area contributed by atoms with Crippen molar-refractivity contribution in [1.29, 1.82) is 0 Å². The Labute approximate surface area is 143 Å². The van der Waals surface area contributed by atoms with E-state index in [9.17, 15) is 22.7 Å². The average molecular weight is 367 g/mol. The van der Waals surface area contributed by atoms with Crippen LogP contribution in [0.1, 0.15) is 15.9 Å². The molecule has 9 heteroatoms.